The van der Waals surface area contributed by atoms with Crippen LogP contribution in [-0.4, -0.2) is 12.3 Å². The standard InChI is InChI=1S/C8H17NOS/c1-4-7-5(2)6(3)8(9-7)10-11/h5-9,11H,4H2,1-3H3/t5-,6?,7?,8?/m1/s1. The largest absolute Gasteiger partial charge is 0.300 e. The molecule has 1 rings (SSSR count). The van der Waals surface area contributed by atoms with Crippen LogP contribution in [0.1, 0.15) is 27.2 Å². The molecule has 0 radical (unpaired) electrons. The van der Waals surface area contributed by atoms with Gasteiger partial charge in [-0.25, -0.2) is 0 Å². The molecule has 0 aromatic heterocycles. The average Bonchev–Trinajstić information content (AvgIpc) is 2.30. The highest BCUT2D eigenvalue weighted by Crippen LogP contribution is 2.29. The Labute approximate surface area is 74.3 Å². The summed E-state index contributed by atoms with van der Waals surface area (Å²) in [4.78, 5) is 0. The third kappa shape index (κ3) is 1.71. The van der Waals surface area contributed by atoms with Crippen LogP contribution in [0.15, 0.2) is 0 Å². The molecule has 2 nitrogen and oxygen atoms in total. The summed E-state index contributed by atoms with van der Waals surface area (Å²) in [7, 11) is 0. The SMILES string of the molecule is CCC1NC(OS)C(C)[C@H]1C. The molecular weight excluding hydrogens is 158 g/mol. The lowest BCUT2D eigenvalue weighted by Crippen LogP contribution is -2.31. The number of thiol groups is 1. The molecular formula is C8H17NOS. The summed E-state index contributed by atoms with van der Waals surface area (Å²) in [6.07, 6.45) is 1.30. The van der Waals surface area contributed by atoms with Gasteiger partial charge in [0, 0.05) is 12.0 Å². The highest BCUT2D eigenvalue weighted by molar-refractivity contribution is 7.75. The van der Waals surface area contributed by atoms with Gasteiger partial charge in [0.1, 0.15) is 6.23 Å². The second kappa shape index (κ2) is 3.78. The Morgan fingerprint density at radius 3 is 2.27 bits per heavy atom. The second-order valence-electron chi connectivity index (χ2n) is 3.43. The van der Waals surface area contributed by atoms with Gasteiger partial charge >= 0.3 is 0 Å². The molecule has 3 unspecified atom stereocenters. The van der Waals surface area contributed by atoms with Crippen LogP contribution in [-0.2, 0) is 4.18 Å². The first-order valence-electron chi connectivity index (χ1n) is 4.27. The van der Waals surface area contributed by atoms with Crippen molar-refractivity contribution in [3.8, 4) is 0 Å². The summed E-state index contributed by atoms with van der Waals surface area (Å²) in [5, 5.41) is 3.39. The van der Waals surface area contributed by atoms with Gasteiger partial charge in [-0.2, -0.15) is 0 Å². The molecule has 66 valence electrons. The zero-order valence-corrected chi connectivity index (χ0v) is 8.27. The monoisotopic (exact) mass is 175 g/mol. The predicted molar refractivity (Wildman–Crippen MR) is 49.4 cm³/mol. The summed E-state index contributed by atoms with van der Waals surface area (Å²) in [6.45, 7) is 6.66. The summed E-state index contributed by atoms with van der Waals surface area (Å²) in [6, 6.07) is 0.599. The number of nitrogens with one attached hydrogen (secondary N) is 1. The molecule has 0 saturated carbocycles. The first-order valence-corrected chi connectivity index (χ1v) is 4.63. The maximum atomic E-state index is 5.01. The van der Waals surface area contributed by atoms with Gasteiger partial charge in [-0.05, 0) is 25.2 Å². The van der Waals surface area contributed by atoms with E-state index in [9.17, 15) is 0 Å². The number of hydrogen-bond donors (Lipinski definition) is 2. The van der Waals surface area contributed by atoms with Crippen molar-refractivity contribution in [3.05, 3.63) is 0 Å². The zero-order valence-electron chi connectivity index (χ0n) is 7.37. The molecule has 0 aliphatic carbocycles. The Morgan fingerprint density at radius 2 is 2.00 bits per heavy atom. The Kier molecular flexibility index (Phi) is 3.22. The van der Waals surface area contributed by atoms with E-state index in [2.05, 4.69) is 39.0 Å². The van der Waals surface area contributed by atoms with Gasteiger partial charge in [0.25, 0.3) is 0 Å². The molecule has 0 aromatic rings. The number of rotatable bonds is 2. The molecule has 1 N–H and O–H groups in total. The smallest absolute Gasteiger partial charge is 0.125 e. The van der Waals surface area contributed by atoms with E-state index in [4.69, 9.17) is 4.18 Å². The fraction of sp³-hybridized carbons (Fsp3) is 1.00. The highest BCUT2D eigenvalue weighted by atomic mass is 32.1. The molecule has 0 amide bonds. The van der Waals surface area contributed by atoms with Crippen molar-refractivity contribution in [1.82, 2.24) is 5.32 Å². The predicted octanol–water partition coefficient (Wildman–Crippen LogP) is 1.83. The molecule has 0 aromatic carbocycles. The molecule has 1 fully saturated rings. The molecule has 4 atom stereocenters. The van der Waals surface area contributed by atoms with E-state index in [-0.39, 0.29) is 6.23 Å². The fourth-order valence-corrected chi connectivity index (χ4v) is 2.03. The van der Waals surface area contributed by atoms with E-state index in [0.29, 0.717) is 17.9 Å². The summed E-state index contributed by atoms with van der Waals surface area (Å²) in [5.74, 6) is 1.26. The van der Waals surface area contributed by atoms with E-state index >= 15 is 0 Å². The average molecular weight is 175 g/mol. The van der Waals surface area contributed by atoms with Crippen LogP contribution in [0.25, 0.3) is 0 Å². The van der Waals surface area contributed by atoms with E-state index in [1.807, 2.05) is 0 Å². The van der Waals surface area contributed by atoms with Crippen molar-refractivity contribution < 1.29 is 4.18 Å². The maximum Gasteiger partial charge on any atom is 0.125 e. The van der Waals surface area contributed by atoms with E-state index in [1.54, 1.807) is 0 Å². The van der Waals surface area contributed by atoms with Gasteiger partial charge in [0.05, 0.1) is 0 Å². The van der Waals surface area contributed by atoms with Crippen molar-refractivity contribution in [3.63, 3.8) is 0 Å². The fourth-order valence-electron chi connectivity index (χ4n) is 1.77. The third-order valence-corrected chi connectivity index (χ3v) is 3.10. The van der Waals surface area contributed by atoms with Crippen LogP contribution in [0.3, 0.4) is 0 Å². The van der Waals surface area contributed by atoms with Crippen LogP contribution in [0.2, 0.25) is 0 Å². The van der Waals surface area contributed by atoms with Crippen LogP contribution in [0, 0.1) is 11.8 Å². The first-order chi connectivity index (χ1) is 5.20. The number of hydrogen-bond acceptors (Lipinski definition) is 3. The van der Waals surface area contributed by atoms with E-state index < -0.39 is 0 Å². The molecule has 3 heteroatoms. The van der Waals surface area contributed by atoms with Crippen LogP contribution in [0.4, 0.5) is 0 Å². The molecule has 0 spiro atoms. The quantitative estimate of drug-likeness (QED) is 0.493. The molecule has 1 aliphatic heterocycles. The molecule has 0 bridgehead atoms. The minimum absolute atomic E-state index is 0.137. The van der Waals surface area contributed by atoms with Crippen molar-refractivity contribution >= 4 is 12.9 Å². The molecule has 1 aliphatic rings. The van der Waals surface area contributed by atoms with Crippen molar-refractivity contribution in [2.24, 2.45) is 11.8 Å². The zero-order chi connectivity index (χ0) is 8.43. The van der Waals surface area contributed by atoms with Crippen molar-refractivity contribution in [2.75, 3.05) is 0 Å². The van der Waals surface area contributed by atoms with Gasteiger partial charge in [-0.3, -0.25) is 9.50 Å². The minimum atomic E-state index is 0.137. The summed E-state index contributed by atoms with van der Waals surface area (Å²) >= 11 is 3.83. The Morgan fingerprint density at radius 1 is 1.36 bits per heavy atom. The second-order valence-corrected chi connectivity index (χ2v) is 3.64. The lowest BCUT2D eigenvalue weighted by Gasteiger charge is -2.14. The van der Waals surface area contributed by atoms with Gasteiger partial charge in [-0.15, -0.1) is 0 Å². The van der Waals surface area contributed by atoms with Gasteiger partial charge < -0.3 is 0 Å². The Balaban J connectivity index is 2.53. The van der Waals surface area contributed by atoms with Crippen LogP contribution < -0.4 is 5.32 Å². The van der Waals surface area contributed by atoms with Gasteiger partial charge in [0.15, 0.2) is 0 Å². The van der Waals surface area contributed by atoms with Gasteiger partial charge in [0.2, 0.25) is 0 Å². The molecule has 1 heterocycles. The van der Waals surface area contributed by atoms with E-state index in [1.165, 1.54) is 6.42 Å². The minimum Gasteiger partial charge on any atom is -0.300 e. The Hall–Kier alpha value is 0.270. The summed E-state index contributed by atoms with van der Waals surface area (Å²) < 4.78 is 5.01. The normalized spacial score (nSPS) is 44.7. The topological polar surface area (TPSA) is 21.3 Å². The Bertz CT molecular complexity index is 113. The third-order valence-electron chi connectivity index (χ3n) is 2.87. The van der Waals surface area contributed by atoms with E-state index in [0.717, 1.165) is 0 Å². The van der Waals surface area contributed by atoms with Crippen LogP contribution >= 0.6 is 12.9 Å². The summed E-state index contributed by atoms with van der Waals surface area (Å²) in [5.41, 5.74) is 0. The first kappa shape index (κ1) is 9.36. The lowest BCUT2D eigenvalue weighted by molar-refractivity contribution is 0.170. The van der Waals surface area contributed by atoms with Crippen molar-refractivity contribution in [2.45, 2.75) is 39.5 Å². The highest BCUT2D eigenvalue weighted by Gasteiger charge is 2.36. The van der Waals surface area contributed by atoms with Gasteiger partial charge in [-0.1, -0.05) is 20.8 Å². The van der Waals surface area contributed by atoms with Crippen molar-refractivity contribution in [1.29, 1.82) is 0 Å². The lowest BCUT2D eigenvalue weighted by atomic mass is 9.92. The maximum absolute atomic E-state index is 5.01. The van der Waals surface area contributed by atoms with Crippen LogP contribution in [0.5, 0.6) is 0 Å². The molecule has 1 saturated heterocycles. The molecule has 11 heavy (non-hydrogen) atoms.